The average molecular weight is 423 g/mol. The highest BCUT2D eigenvalue weighted by Crippen LogP contribution is 2.36. The Morgan fingerprint density at radius 3 is 2.33 bits per heavy atom. The van der Waals surface area contributed by atoms with E-state index < -0.39 is 11.9 Å². The molecule has 0 aliphatic rings. The lowest BCUT2D eigenvalue weighted by Crippen LogP contribution is -2.16. The first kappa shape index (κ1) is 17.5. The number of carbonyl (C=O) groups is 2. The van der Waals surface area contributed by atoms with Gasteiger partial charge < -0.3 is 19.5 Å². The first-order chi connectivity index (χ1) is 9.92. The third-order valence-electron chi connectivity index (χ3n) is 2.37. The van der Waals surface area contributed by atoms with E-state index in [0.717, 1.165) is 10.5 Å². The molecule has 0 amide bonds. The lowest BCUT2D eigenvalue weighted by molar-refractivity contribution is -0.138. The van der Waals surface area contributed by atoms with Crippen molar-refractivity contribution < 1.29 is 23.8 Å². The molecule has 0 saturated carbocycles. The van der Waals surface area contributed by atoms with E-state index in [1.54, 1.807) is 12.1 Å². The van der Waals surface area contributed by atoms with E-state index in [9.17, 15) is 9.59 Å². The number of ether oxygens (including phenoxy) is 3. The monoisotopic (exact) mass is 421 g/mol. The van der Waals surface area contributed by atoms with Gasteiger partial charge in [-0.3, -0.25) is 0 Å². The quantitative estimate of drug-likeness (QED) is 0.581. The first-order valence-corrected chi connectivity index (χ1v) is 7.19. The molecule has 0 unspecified atom stereocenters. The van der Waals surface area contributed by atoms with Crippen LogP contribution >= 0.6 is 31.9 Å². The standard InChI is InChI=1S/C13H13Br2NO5/c1-19-10-5-7(14)4-8(15)12(10)16-9(13(18)21-3)6-11(17)20-2/h4-6,16H,1-3H3/b9-6+. The van der Waals surface area contributed by atoms with Crippen molar-refractivity contribution in [2.45, 2.75) is 0 Å². The van der Waals surface area contributed by atoms with Crippen LogP contribution in [-0.2, 0) is 19.1 Å². The van der Waals surface area contributed by atoms with E-state index in [4.69, 9.17) is 4.74 Å². The third kappa shape index (κ3) is 4.75. The summed E-state index contributed by atoms with van der Waals surface area (Å²) in [7, 11) is 3.91. The number of hydrogen-bond donors (Lipinski definition) is 1. The Hall–Kier alpha value is -1.54. The van der Waals surface area contributed by atoms with Crippen molar-refractivity contribution in [3.63, 3.8) is 0 Å². The summed E-state index contributed by atoms with van der Waals surface area (Å²) in [5.74, 6) is -0.928. The van der Waals surface area contributed by atoms with Gasteiger partial charge in [0.15, 0.2) is 0 Å². The number of nitrogens with one attached hydrogen (secondary N) is 1. The van der Waals surface area contributed by atoms with Gasteiger partial charge in [0.25, 0.3) is 0 Å². The fourth-order valence-corrected chi connectivity index (χ4v) is 2.68. The summed E-state index contributed by atoms with van der Waals surface area (Å²) in [4.78, 5) is 23.0. The molecule has 1 aromatic rings. The van der Waals surface area contributed by atoms with E-state index >= 15 is 0 Å². The second kappa shape index (κ2) is 8.04. The lowest BCUT2D eigenvalue weighted by Gasteiger charge is -2.14. The highest BCUT2D eigenvalue weighted by Gasteiger charge is 2.17. The molecule has 1 aromatic carbocycles. The van der Waals surface area contributed by atoms with Crippen molar-refractivity contribution in [2.75, 3.05) is 26.6 Å². The topological polar surface area (TPSA) is 73.9 Å². The molecule has 0 radical (unpaired) electrons. The summed E-state index contributed by atoms with van der Waals surface area (Å²) < 4.78 is 15.8. The zero-order valence-corrected chi connectivity index (χ0v) is 14.7. The highest BCUT2D eigenvalue weighted by molar-refractivity contribution is 9.11. The van der Waals surface area contributed by atoms with Crippen molar-refractivity contribution in [3.8, 4) is 5.75 Å². The fourth-order valence-electron chi connectivity index (χ4n) is 1.40. The number of carbonyl (C=O) groups excluding carboxylic acids is 2. The van der Waals surface area contributed by atoms with Crippen LogP contribution in [0.3, 0.4) is 0 Å². The number of rotatable bonds is 5. The lowest BCUT2D eigenvalue weighted by atomic mass is 10.2. The molecule has 0 saturated heterocycles. The van der Waals surface area contributed by atoms with E-state index in [1.807, 2.05) is 0 Å². The molecule has 0 aliphatic carbocycles. The molecule has 0 spiro atoms. The third-order valence-corrected chi connectivity index (χ3v) is 3.45. The molecule has 6 nitrogen and oxygen atoms in total. The number of methoxy groups -OCH3 is 3. The Labute approximate surface area is 138 Å². The fraction of sp³-hybridized carbons (Fsp3) is 0.231. The molecule has 21 heavy (non-hydrogen) atoms. The van der Waals surface area contributed by atoms with Gasteiger partial charge in [0.1, 0.15) is 11.4 Å². The van der Waals surface area contributed by atoms with Crippen molar-refractivity contribution in [2.24, 2.45) is 0 Å². The molecule has 1 rings (SSSR count). The Morgan fingerprint density at radius 2 is 1.81 bits per heavy atom. The van der Waals surface area contributed by atoms with Crippen LogP contribution in [-0.4, -0.2) is 33.3 Å². The molecule has 0 aromatic heterocycles. The summed E-state index contributed by atoms with van der Waals surface area (Å²) in [6.07, 6.45) is 1.000. The minimum Gasteiger partial charge on any atom is -0.494 e. The van der Waals surface area contributed by atoms with Crippen LogP contribution in [0.15, 0.2) is 32.9 Å². The Morgan fingerprint density at radius 1 is 1.14 bits per heavy atom. The summed E-state index contributed by atoms with van der Waals surface area (Å²) in [5.41, 5.74) is 0.395. The van der Waals surface area contributed by atoms with Crippen LogP contribution in [0.25, 0.3) is 0 Å². The normalized spacial score (nSPS) is 10.8. The summed E-state index contributed by atoms with van der Waals surface area (Å²) >= 11 is 6.68. The zero-order chi connectivity index (χ0) is 16.0. The van der Waals surface area contributed by atoms with Crippen molar-refractivity contribution in [1.29, 1.82) is 0 Å². The Kier molecular flexibility index (Phi) is 6.70. The van der Waals surface area contributed by atoms with Crippen molar-refractivity contribution in [1.82, 2.24) is 0 Å². The van der Waals surface area contributed by atoms with Crippen molar-refractivity contribution >= 4 is 49.5 Å². The Bertz CT molecular complexity index is 586. The maximum absolute atomic E-state index is 11.7. The summed E-state index contributed by atoms with van der Waals surface area (Å²) in [5, 5.41) is 2.80. The van der Waals surface area contributed by atoms with Crippen LogP contribution < -0.4 is 10.1 Å². The van der Waals surface area contributed by atoms with Gasteiger partial charge >= 0.3 is 11.9 Å². The molecule has 114 valence electrons. The number of benzene rings is 1. The molecule has 0 atom stereocenters. The van der Waals surface area contributed by atoms with Gasteiger partial charge in [0.2, 0.25) is 0 Å². The molecule has 0 bridgehead atoms. The predicted octanol–water partition coefficient (Wildman–Crippen LogP) is 2.86. The van der Waals surface area contributed by atoms with Gasteiger partial charge in [0.05, 0.1) is 33.1 Å². The molecule has 8 heteroatoms. The molecular weight excluding hydrogens is 410 g/mol. The van der Waals surface area contributed by atoms with Crippen molar-refractivity contribution in [3.05, 3.63) is 32.9 Å². The van der Waals surface area contributed by atoms with E-state index in [0.29, 0.717) is 15.9 Å². The van der Waals surface area contributed by atoms with Crippen LogP contribution in [0, 0.1) is 0 Å². The Balaban J connectivity index is 3.24. The van der Waals surface area contributed by atoms with Crippen LogP contribution in [0.4, 0.5) is 5.69 Å². The summed E-state index contributed by atoms with van der Waals surface area (Å²) in [6.45, 7) is 0. The smallest absolute Gasteiger partial charge is 0.354 e. The molecular formula is C13H13Br2NO5. The minimum absolute atomic E-state index is 0.0781. The van der Waals surface area contributed by atoms with Crippen LogP contribution in [0.2, 0.25) is 0 Å². The van der Waals surface area contributed by atoms with E-state index in [-0.39, 0.29) is 5.70 Å². The molecule has 0 aliphatic heterocycles. The second-order valence-corrected chi connectivity index (χ2v) is 5.43. The maximum atomic E-state index is 11.7. The van der Waals surface area contributed by atoms with Gasteiger partial charge in [-0.2, -0.15) is 0 Å². The number of esters is 2. The number of halogens is 2. The van der Waals surface area contributed by atoms with Crippen LogP contribution in [0.1, 0.15) is 0 Å². The van der Waals surface area contributed by atoms with E-state index in [1.165, 1.54) is 21.3 Å². The predicted molar refractivity (Wildman–Crippen MR) is 84.1 cm³/mol. The van der Waals surface area contributed by atoms with Gasteiger partial charge in [-0.15, -0.1) is 0 Å². The van der Waals surface area contributed by atoms with E-state index in [2.05, 4.69) is 46.7 Å². The molecule has 0 fully saturated rings. The highest BCUT2D eigenvalue weighted by atomic mass is 79.9. The van der Waals surface area contributed by atoms with Gasteiger partial charge in [-0.05, 0) is 28.1 Å². The number of hydrogen-bond acceptors (Lipinski definition) is 6. The minimum atomic E-state index is -0.711. The maximum Gasteiger partial charge on any atom is 0.354 e. The van der Waals surface area contributed by atoms with Gasteiger partial charge in [0, 0.05) is 8.95 Å². The second-order valence-electron chi connectivity index (χ2n) is 3.66. The largest absolute Gasteiger partial charge is 0.494 e. The van der Waals surface area contributed by atoms with Crippen LogP contribution in [0.5, 0.6) is 5.75 Å². The first-order valence-electron chi connectivity index (χ1n) is 5.61. The SMILES string of the molecule is COC(=O)/C=C(/Nc1c(Br)cc(Br)cc1OC)C(=O)OC. The van der Waals surface area contributed by atoms with Gasteiger partial charge in [-0.1, -0.05) is 15.9 Å². The zero-order valence-electron chi connectivity index (χ0n) is 11.5. The number of anilines is 1. The van der Waals surface area contributed by atoms with Gasteiger partial charge in [-0.25, -0.2) is 9.59 Å². The summed E-state index contributed by atoms with van der Waals surface area (Å²) in [6, 6.07) is 3.47. The average Bonchev–Trinajstić information content (AvgIpc) is 2.47. The molecule has 1 N–H and O–H groups in total. The molecule has 0 heterocycles.